The van der Waals surface area contributed by atoms with E-state index in [0.717, 1.165) is 27.9 Å². The molecule has 3 saturated carbocycles. The molecule has 1 N–H and O–H groups in total. The molecule has 2 bridgehead atoms. The quantitative estimate of drug-likeness (QED) is 0.509. The first-order valence-corrected chi connectivity index (χ1v) is 16.9. The van der Waals surface area contributed by atoms with Crippen molar-refractivity contribution in [3.8, 4) is 0 Å². The summed E-state index contributed by atoms with van der Waals surface area (Å²) in [5.74, 6) is 3.99. The van der Waals surface area contributed by atoms with Crippen molar-refractivity contribution in [2.45, 2.75) is 55.8 Å². The molecule has 0 radical (unpaired) electrons. The largest absolute Gasteiger partial charge is 1.00 e. The van der Waals surface area contributed by atoms with Crippen LogP contribution >= 0.6 is 0 Å². The Morgan fingerprint density at radius 3 is 2.12 bits per heavy atom. The summed E-state index contributed by atoms with van der Waals surface area (Å²) >= 11 is -1.42. The number of hydrogen-bond donors (Lipinski definition) is 1. The van der Waals surface area contributed by atoms with Gasteiger partial charge in [-0.3, -0.25) is 0 Å². The number of amides is 1. The molecular formula is C19H30Cl2NOSiTi. The summed E-state index contributed by atoms with van der Waals surface area (Å²) in [6.07, 6.45) is 17.2. The van der Waals surface area contributed by atoms with Gasteiger partial charge in [-0.2, -0.15) is 0 Å². The molecule has 0 aromatic heterocycles. The third-order valence-electron chi connectivity index (χ3n) is 6.90. The number of carbonyl (C=O) groups excluding carboxylic acids is 1. The van der Waals surface area contributed by atoms with Crippen molar-refractivity contribution in [1.29, 1.82) is 0 Å². The second kappa shape index (κ2) is 9.10. The van der Waals surface area contributed by atoms with Crippen molar-refractivity contribution in [2.24, 2.45) is 29.6 Å². The van der Waals surface area contributed by atoms with Gasteiger partial charge in [0.15, 0.2) is 0 Å². The molecule has 5 unspecified atom stereocenters. The maximum absolute atomic E-state index is 12.9. The van der Waals surface area contributed by atoms with E-state index in [1.165, 1.54) is 38.5 Å². The molecule has 5 atom stereocenters. The number of halogens is 2. The van der Waals surface area contributed by atoms with Crippen LogP contribution in [0.4, 0.5) is 0 Å². The zero-order valence-electron chi connectivity index (χ0n) is 15.3. The molecule has 6 heteroatoms. The molecule has 4 rings (SSSR count). The molecule has 2 nitrogen and oxygen atoms in total. The van der Waals surface area contributed by atoms with Crippen molar-refractivity contribution in [3.05, 3.63) is 24.3 Å². The average Bonchev–Trinajstić information content (AvgIpc) is 3.25. The summed E-state index contributed by atoms with van der Waals surface area (Å²) in [5, 5.41) is 0. The predicted molar refractivity (Wildman–Crippen MR) is 94.2 cm³/mol. The van der Waals surface area contributed by atoms with E-state index in [0.29, 0.717) is 11.8 Å². The van der Waals surface area contributed by atoms with Crippen LogP contribution < -0.4 is 28.6 Å². The zero-order chi connectivity index (χ0) is 16.0. The number of carbonyl (C=O) groups is 1. The molecule has 0 aliphatic heterocycles. The first kappa shape index (κ1) is 21.8. The van der Waals surface area contributed by atoms with Crippen molar-refractivity contribution >= 4 is 12.6 Å². The van der Waals surface area contributed by atoms with Gasteiger partial charge in [-0.25, -0.2) is 0 Å². The van der Waals surface area contributed by atoms with Gasteiger partial charge in [0.25, 0.3) is 0 Å². The van der Waals surface area contributed by atoms with E-state index < -0.39 is 24.0 Å². The van der Waals surface area contributed by atoms with Crippen LogP contribution in [0, 0.1) is 29.6 Å². The van der Waals surface area contributed by atoms with Gasteiger partial charge in [0.2, 0.25) is 0 Å². The second-order valence-electron chi connectivity index (χ2n) is 8.65. The predicted octanol–water partition coefficient (Wildman–Crippen LogP) is -2.00. The third-order valence-corrected chi connectivity index (χ3v) is 19.5. The molecule has 4 aliphatic carbocycles. The Kier molecular flexibility index (Phi) is 7.92. The van der Waals surface area contributed by atoms with Gasteiger partial charge < -0.3 is 24.8 Å². The Hall–Kier alpha value is 0.461. The molecular weight excluding hydrogens is 405 g/mol. The number of rotatable bonds is 4. The maximum atomic E-state index is 12.9. The first-order valence-electron chi connectivity index (χ1n) is 9.64. The van der Waals surface area contributed by atoms with Crippen molar-refractivity contribution in [2.75, 3.05) is 0 Å². The van der Waals surface area contributed by atoms with Crippen LogP contribution in [-0.2, 0) is 22.2 Å². The molecule has 0 spiro atoms. The minimum Gasteiger partial charge on any atom is -1.00 e. The summed E-state index contributed by atoms with van der Waals surface area (Å²) in [5.41, 5.74) is 0. The van der Waals surface area contributed by atoms with Crippen LogP contribution in [-0.4, -0.2) is 12.6 Å². The topological polar surface area (TPSA) is 29.1 Å². The van der Waals surface area contributed by atoms with E-state index in [9.17, 15) is 4.79 Å². The summed E-state index contributed by atoms with van der Waals surface area (Å²) in [7, 11) is 0. The van der Waals surface area contributed by atoms with E-state index in [2.05, 4.69) is 41.2 Å². The molecule has 4 aliphatic rings. The van der Waals surface area contributed by atoms with Crippen LogP contribution in [0.15, 0.2) is 24.3 Å². The van der Waals surface area contributed by atoms with Crippen LogP contribution in [0.25, 0.3) is 0 Å². The van der Waals surface area contributed by atoms with Gasteiger partial charge in [0.1, 0.15) is 0 Å². The van der Waals surface area contributed by atoms with E-state index in [1.807, 2.05) is 0 Å². The van der Waals surface area contributed by atoms with Gasteiger partial charge in [-0.05, 0) is 0 Å². The molecule has 0 aromatic rings. The van der Waals surface area contributed by atoms with Gasteiger partial charge in [0, 0.05) is 0 Å². The van der Waals surface area contributed by atoms with Crippen LogP contribution in [0.5, 0.6) is 0 Å². The first-order chi connectivity index (χ1) is 11.1. The monoisotopic (exact) mass is 434 g/mol. The SMILES string of the molecule is C[SiH](C)[Ti+2]([NH]C(=O)C1CC2CCC1C2)[CH]1CC2C=CC=CC2C1.[Cl-].[Cl-]. The maximum Gasteiger partial charge on any atom is -1.00 e. The Bertz CT molecular complexity index is 522. The van der Waals surface area contributed by atoms with E-state index >= 15 is 0 Å². The van der Waals surface area contributed by atoms with Gasteiger partial charge in [-0.1, -0.05) is 0 Å². The number of hydrogen-bond acceptors (Lipinski definition) is 1. The normalized spacial score (nSPS) is 37.4. The Balaban J connectivity index is 0.00000113. The van der Waals surface area contributed by atoms with E-state index in [1.54, 1.807) is 0 Å². The minimum absolute atomic E-state index is 0. The molecule has 3 fully saturated rings. The number of fused-ring (bicyclic) bond motifs is 3. The molecule has 0 aromatic carbocycles. The summed E-state index contributed by atoms with van der Waals surface area (Å²) in [6.45, 7) is 4.25. The van der Waals surface area contributed by atoms with E-state index in [4.69, 9.17) is 0 Å². The smallest absolute Gasteiger partial charge is 1.00 e. The third kappa shape index (κ3) is 4.48. The molecule has 1 amide bonds. The van der Waals surface area contributed by atoms with Crippen LogP contribution in [0.3, 0.4) is 0 Å². The Morgan fingerprint density at radius 2 is 1.64 bits per heavy atom. The minimum atomic E-state index is -1.42. The number of allylic oxidation sites excluding steroid dienone is 4. The van der Waals surface area contributed by atoms with Gasteiger partial charge in [-0.15, -0.1) is 0 Å². The second-order valence-corrected chi connectivity index (χ2v) is 22.0. The van der Waals surface area contributed by atoms with E-state index in [-0.39, 0.29) is 24.8 Å². The Labute approximate surface area is 172 Å². The van der Waals surface area contributed by atoms with Crippen molar-refractivity contribution in [3.63, 3.8) is 0 Å². The summed E-state index contributed by atoms with van der Waals surface area (Å²) in [6, 6.07) is 0. The van der Waals surface area contributed by atoms with Gasteiger partial charge >= 0.3 is 148 Å². The standard InChI is InChI=1S/C9H11.C8H13NO.C2H7Si.2ClH.Ti/c1-2-5-9-7-3-6-8(9)4-1;9-8(10)7-4-5-1-2-6(7)3-5;1-3-2;;;/h1-5,8-9H,6-7H2;5-7H,1-4H2,(H2,9,10);3H,1-2H3;2*1H;/q;;;;;+3/p-3. The fraction of sp³-hybridized carbons (Fsp3) is 0.737. The number of nitrogens with one attached hydrogen (secondary N) is 1. The van der Waals surface area contributed by atoms with Crippen LogP contribution in [0.1, 0.15) is 38.5 Å². The summed E-state index contributed by atoms with van der Waals surface area (Å²) in [4.78, 5) is 12.9. The van der Waals surface area contributed by atoms with Crippen molar-refractivity contribution < 1.29 is 47.0 Å². The fourth-order valence-corrected chi connectivity index (χ4v) is 17.1. The van der Waals surface area contributed by atoms with Crippen LogP contribution in [0.2, 0.25) is 17.3 Å². The fourth-order valence-electron chi connectivity index (χ4n) is 5.73. The zero-order valence-corrected chi connectivity index (χ0v) is 19.5. The molecule has 0 heterocycles. The summed E-state index contributed by atoms with van der Waals surface area (Å²) < 4.78 is 4.60. The molecule has 139 valence electrons. The molecule has 25 heavy (non-hydrogen) atoms. The molecule has 0 saturated heterocycles. The van der Waals surface area contributed by atoms with Crippen molar-refractivity contribution in [1.82, 2.24) is 3.80 Å². The van der Waals surface area contributed by atoms with Gasteiger partial charge in [0.05, 0.1) is 0 Å². The average molecular weight is 435 g/mol. The Morgan fingerprint density at radius 1 is 1.00 bits per heavy atom.